The fourth-order valence-electron chi connectivity index (χ4n) is 1.81. The van der Waals surface area contributed by atoms with Crippen LogP contribution in [0, 0.1) is 6.92 Å². The number of aryl methyl sites for hydroxylation is 1. The maximum Gasteiger partial charge on any atom is 0.221 e. The van der Waals surface area contributed by atoms with Gasteiger partial charge in [0, 0.05) is 45.0 Å². The predicted molar refractivity (Wildman–Crippen MR) is 77.3 cm³/mol. The first-order valence-corrected chi connectivity index (χ1v) is 6.33. The molecule has 0 saturated heterocycles. The van der Waals surface area contributed by atoms with E-state index in [9.17, 15) is 4.79 Å². The number of nitrogens with one attached hydrogen (secondary N) is 2. The van der Waals surface area contributed by atoms with Crippen molar-refractivity contribution in [1.29, 1.82) is 0 Å². The maximum atomic E-state index is 11.3. The Morgan fingerprint density at radius 1 is 1.33 bits per heavy atom. The number of hydrogen-bond donors (Lipinski definition) is 2. The number of carbonyl (C=O) groups is 1. The van der Waals surface area contributed by atoms with Crippen LogP contribution >= 0.6 is 0 Å². The summed E-state index contributed by atoms with van der Waals surface area (Å²) in [5.74, 6) is 0.0879. The van der Waals surface area contributed by atoms with Crippen LogP contribution in [-0.4, -0.2) is 33.1 Å². The van der Waals surface area contributed by atoms with Gasteiger partial charge in [0.2, 0.25) is 5.91 Å². The number of hydrogen-bond acceptors (Lipinski definition) is 3. The lowest BCUT2D eigenvalue weighted by Gasteiger charge is -2.17. The highest BCUT2D eigenvalue weighted by atomic mass is 16.1. The molecule has 0 aliphatic heterocycles. The van der Waals surface area contributed by atoms with Gasteiger partial charge in [-0.25, -0.2) is 0 Å². The summed E-state index contributed by atoms with van der Waals surface area (Å²) in [5, 5.41) is 6.05. The van der Waals surface area contributed by atoms with Crippen molar-refractivity contribution in [1.82, 2.24) is 5.32 Å². The third kappa shape index (κ3) is 4.28. The summed E-state index contributed by atoms with van der Waals surface area (Å²) in [6.07, 6.45) is 0.499. The van der Waals surface area contributed by atoms with Gasteiger partial charge in [-0.15, -0.1) is 0 Å². The topological polar surface area (TPSA) is 44.4 Å². The molecular formula is C14H23N3O. The number of anilines is 2. The minimum absolute atomic E-state index is 0.0879. The lowest BCUT2D eigenvalue weighted by molar-refractivity contribution is -0.120. The molecule has 0 spiro atoms. The van der Waals surface area contributed by atoms with Crippen LogP contribution in [0.25, 0.3) is 0 Å². The Hall–Kier alpha value is -1.71. The highest BCUT2D eigenvalue weighted by Crippen LogP contribution is 2.22. The predicted octanol–water partition coefficient (Wildman–Crippen LogP) is 2.00. The van der Waals surface area contributed by atoms with Crippen LogP contribution < -0.4 is 15.5 Å². The Balaban J connectivity index is 2.53. The molecule has 0 heterocycles. The van der Waals surface area contributed by atoms with Gasteiger partial charge in [0.1, 0.15) is 0 Å². The van der Waals surface area contributed by atoms with Gasteiger partial charge < -0.3 is 15.5 Å². The highest BCUT2D eigenvalue weighted by Gasteiger charge is 2.03. The van der Waals surface area contributed by atoms with Crippen LogP contribution in [0.2, 0.25) is 0 Å². The largest absolute Gasteiger partial charge is 0.384 e. The van der Waals surface area contributed by atoms with Crippen LogP contribution in [0.4, 0.5) is 11.4 Å². The van der Waals surface area contributed by atoms with Crippen molar-refractivity contribution in [3.8, 4) is 0 Å². The van der Waals surface area contributed by atoms with E-state index in [4.69, 9.17) is 0 Å². The van der Waals surface area contributed by atoms with E-state index in [1.165, 1.54) is 11.3 Å². The summed E-state index contributed by atoms with van der Waals surface area (Å²) < 4.78 is 0. The van der Waals surface area contributed by atoms with E-state index in [2.05, 4.69) is 34.6 Å². The third-order valence-corrected chi connectivity index (χ3v) is 2.75. The molecule has 0 radical (unpaired) electrons. The van der Waals surface area contributed by atoms with Crippen molar-refractivity contribution in [3.63, 3.8) is 0 Å². The molecule has 0 aromatic heterocycles. The molecule has 0 saturated carbocycles. The zero-order valence-corrected chi connectivity index (χ0v) is 11.7. The lowest BCUT2D eigenvalue weighted by atomic mass is 10.1. The molecule has 1 aromatic rings. The number of nitrogens with zero attached hydrogens (tertiary/aromatic N) is 1. The molecule has 4 nitrogen and oxygen atoms in total. The second-order valence-corrected chi connectivity index (χ2v) is 4.53. The molecule has 100 valence electrons. The van der Waals surface area contributed by atoms with Gasteiger partial charge in [0.25, 0.3) is 0 Å². The summed E-state index contributed by atoms with van der Waals surface area (Å²) in [5.41, 5.74) is 3.49. The van der Waals surface area contributed by atoms with Gasteiger partial charge in [0.15, 0.2) is 0 Å². The Labute approximate surface area is 109 Å². The Bertz CT molecular complexity index is 402. The fraction of sp³-hybridized carbons (Fsp3) is 0.500. The van der Waals surface area contributed by atoms with Gasteiger partial charge in [-0.1, -0.05) is 6.07 Å². The SMILES string of the molecule is CCNC(=O)CCNc1ccc(C)c(N(C)C)c1. The molecule has 4 heteroatoms. The van der Waals surface area contributed by atoms with Crippen LogP contribution in [-0.2, 0) is 4.79 Å². The molecular weight excluding hydrogens is 226 g/mol. The van der Waals surface area contributed by atoms with E-state index in [1.807, 2.05) is 27.1 Å². The first kappa shape index (κ1) is 14.4. The number of rotatable bonds is 6. The van der Waals surface area contributed by atoms with Crippen LogP contribution in [0.3, 0.4) is 0 Å². The van der Waals surface area contributed by atoms with Gasteiger partial charge in [-0.3, -0.25) is 4.79 Å². The normalized spacial score (nSPS) is 10.0. The zero-order chi connectivity index (χ0) is 13.5. The summed E-state index contributed by atoms with van der Waals surface area (Å²) in [4.78, 5) is 13.4. The van der Waals surface area contributed by atoms with Gasteiger partial charge in [-0.2, -0.15) is 0 Å². The van der Waals surface area contributed by atoms with Crippen molar-refractivity contribution in [3.05, 3.63) is 23.8 Å². The molecule has 1 rings (SSSR count). The summed E-state index contributed by atoms with van der Waals surface area (Å²) in [6, 6.07) is 6.23. The second-order valence-electron chi connectivity index (χ2n) is 4.53. The first-order chi connectivity index (χ1) is 8.54. The summed E-state index contributed by atoms with van der Waals surface area (Å²) in [6.45, 7) is 5.36. The van der Waals surface area contributed by atoms with Gasteiger partial charge >= 0.3 is 0 Å². The quantitative estimate of drug-likeness (QED) is 0.810. The Morgan fingerprint density at radius 2 is 2.06 bits per heavy atom. The van der Waals surface area contributed by atoms with E-state index in [-0.39, 0.29) is 5.91 Å². The fourth-order valence-corrected chi connectivity index (χ4v) is 1.81. The average Bonchev–Trinajstić information content (AvgIpc) is 2.31. The highest BCUT2D eigenvalue weighted by molar-refractivity contribution is 5.76. The number of benzene rings is 1. The first-order valence-electron chi connectivity index (χ1n) is 6.33. The molecule has 18 heavy (non-hydrogen) atoms. The molecule has 0 atom stereocenters. The monoisotopic (exact) mass is 249 g/mol. The number of amides is 1. The molecule has 0 aliphatic rings. The second kappa shape index (κ2) is 6.89. The summed E-state index contributed by atoms with van der Waals surface area (Å²) in [7, 11) is 4.06. The van der Waals surface area contributed by atoms with Crippen molar-refractivity contribution < 1.29 is 4.79 Å². The average molecular weight is 249 g/mol. The molecule has 2 N–H and O–H groups in total. The van der Waals surface area contributed by atoms with E-state index in [0.717, 1.165) is 5.69 Å². The molecule has 0 unspecified atom stereocenters. The van der Waals surface area contributed by atoms with E-state index >= 15 is 0 Å². The molecule has 0 fully saturated rings. The smallest absolute Gasteiger partial charge is 0.221 e. The van der Waals surface area contributed by atoms with Crippen molar-refractivity contribution in [2.45, 2.75) is 20.3 Å². The van der Waals surface area contributed by atoms with Gasteiger partial charge in [-0.05, 0) is 31.5 Å². The van der Waals surface area contributed by atoms with Crippen LogP contribution in [0.15, 0.2) is 18.2 Å². The lowest BCUT2D eigenvalue weighted by Crippen LogP contribution is -2.24. The Kier molecular flexibility index (Phi) is 5.49. The third-order valence-electron chi connectivity index (χ3n) is 2.75. The summed E-state index contributed by atoms with van der Waals surface area (Å²) >= 11 is 0. The zero-order valence-electron chi connectivity index (χ0n) is 11.7. The Morgan fingerprint density at radius 3 is 2.67 bits per heavy atom. The van der Waals surface area contributed by atoms with Crippen molar-refractivity contribution in [2.75, 3.05) is 37.4 Å². The molecule has 0 bridgehead atoms. The van der Waals surface area contributed by atoms with Crippen LogP contribution in [0.5, 0.6) is 0 Å². The number of carbonyl (C=O) groups excluding carboxylic acids is 1. The molecule has 1 aromatic carbocycles. The minimum atomic E-state index is 0.0879. The van der Waals surface area contributed by atoms with Crippen molar-refractivity contribution in [2.24, 2.45) is 0 Å². The van der Waals surface area contributed by atoms with Crippen molar-refractivity contribution >= 4 is 17.3 Å². The maximum absolute atomic E-state index is 11.3. The van der Waals surface area contributed by atoms with E-state index < -0.39 is 0 Å². The minimum Gasteiger partial charge on any atom is -0.384 e. The standard InChI is InChI=1S/C14H23N3O/c1-5-15-14(18)8-9-16-12-7-6-11(2)13(10-12)17(3)4/h6-7,10,16H,5,8-9H2,1-4H3,(H,15,18). The van der Waals surface area contributed by atoms with E-state index in [0.29, 0.717) is 19.5 Å². The molecule has 1 amide bonds. The van der Waals surface area contributed by atoms with E-state index in [1.54, 1.807) is 0 Å². The molecule has 0 aliphatic carbocycles. The van der Waals surface area contributed by atoms with Gasteiger partial charge in [0.05, 0.1) is 0 Å². The van der Waals surface area contributed by atoms with Crippen LogP contribution in [0.1, 0.15) is 18.9 Å².